The molecule has 38 heavy (non-hydrogen) atoms. The van der Waals surface area contributed by atoms with Gasteiger partial charge in [0.1, 0.15) is 17.8 Å². The van der Waals surface area contributed by atoms with Crippen LogP contribution in [0.25, 0.3) is 0 Å². The number of nitrogens with zero attached hydrogens (tertiary/aromatic N) is 2. The lowest BCUT2D eigenvalue weighted by molar-refractivity contribution is -0.129. The van der Waals surface area contributed by atoms with Gasteiger partial charge in [0.05, 0.1) is 6.54 Å². The number of nitrogens with one attached hydrogen (secondary N) is 2. The highest BCUT2D eigenvalue weighted by Gasteiger charge is 2.28. The highest BCUT2D eigenvalue weighted by molar-refractivity contribution is 5.88. The Kier molecular flexibility index (Phi) is 10.8. The zero-order valence-electron chi connectivity index (χ0n) is 22.1. The summed E-state index contributed by atoms with van der Waals surface area (Å²) in [6.07, 6.45) is 3.89. The van der Waals surface area contributed by atoms with Gasteiger partial charge in [-0.3, -0.25) is 9.59 Å². The van der Waals surface area contributed by atoms with Crippen LogP contribution in [0.15, 0.2) is 47.0 Å². The van der Waals surface area contributed by atoms with Crippen molar-refractivity contribution in [1.29, 1.82) is 0 Å². The van der Waals surface area contributed by atoms with Gasteiger partial charge < -0.3 is 31.7 Å². The molecule has 0 radical (unpaired) electrons. The molecule has 0 aliphatic carbocycles. The lowest BCUT2D eigenvalue weighted by Crippen LogP contribution is -2.50. The van der Waals surface area contributed by atoms with Crippen LogP contribution in [0.2, 0.25) is 0 Å². The minimum absolute atomic E-state index is 0.149. The number of phenols is 1. The fourth-order valence-corrected chi connectivity index (χ4v) is 4.42. The molecule has 0 saturated carbocycles. The van der Waals surface area contributed by atoms with Crippen LogP contribution in [0.3, 0.4) is 0 Å². The summed E-state index contributed by atoms with van der Waals surface area (Å²) >= 11 is 0. The summed E-state index contributed by atoms with van der Waals surface area (Å²) in [5.74, 6) is 0.164. The third kappa shape index (κ3) is 8.39. The van der Waals surface area contributed by atoms with Crippen molar-refractivity contribution in [2.45, 2.75) is 64.5 Å². The zero-order valence-corrected chi connectivity index (χ0v) is 22.1. The molecule has 3 aromatic rings. The second kappa shape index (κ2) is 14.3. The number of nitrogens with two attached hydrogens (primary N) is 2. The van der Waals surface area contributed by atoms with Gasteiger partial charge in [-0.1, -0.05) is 48.3 Å². The van der Waals surface area contributed by atoms with Crippen molar-refractivity contribution in [3.63, 3.8) is 0 Å². The Bertz CT molecular complexity index is 1170. The molecule has 204 valence electrons. The van der Waals surface area contributed by atoms with E-state index in [0.29, 0.717) is 31.1 Å². The summed E-state index contributed by atoms with van der Waals surface area (Å²) in [6, 6.07) is 11.7. The normalized spacial score (nSPS) is 12.6. The first-order valence-corrected chi connectivity index (χ1v) is 13.0. The molecule has 2 amide bonds. The van der Waals surface area contributed by atoms with E-state index in [0.717, 1.165) is 41.5 Å². The highest BCUT2D eigenvalue weighted by atomic mass is 16.5. The summed E-state index contributed by atoms with van der Waals surface area (Å²) in [6.45, 7) is 4.06. The first-order valence-electron chi connectivity index (χ1n) is 13.0. The largest absolute Gasteiger partial charge is 0.508 e. The van der Waals surface area contributed by atoms with Gasteiger partial charge in [-0.05, 0) is 67.6 Å². The van der Waals surface area contributed by atoms with Crippen molar-refractivity contribution in [1.82, 2.24) is 20.8 Å². The number of carbonyl (C=O) groups excluding carboxylic acids is 2. The Hall–Kier alpha value is -3.76. The number of amides is 2. The van der Waals surface area contributed by atoms with Crippen LogP contribution in [0.4, 0.5) is 0 Å². The van der Waals surface area contributed by atoms with Gasteiger partial charge >= 0.3 is 0 Å². The van der Waals surface area contributed by atoms with Gasteiger partial charge in [-0.15, -0.1) is 0 Å². The van der Waals surface area contributed by atoms with Gasteiger partial charge in [-0.2, -0.15) is 4.98 Å². The van der Waals surface area contributed by atoms with Crippen molar-refractivity contribution < 1.29 is 19.2 Å². The molecule has 10 nitrogen and oxygen atoms in total. The number of aromatic hydroxyl groups is 1. The van der Waals surface area contributed by atoms with E-state index in [1.54, 1.807) is 12.1 Å². The Morgan fingerprint density at radius 3 is 2.39 bits per heavy atom. The Morgan fingerprint density at radius 2 is 1.74 bits per heavy atom. The van der Waals surface area contributed by atoms with E-state index in [1.165, 1.54) is 0 Å². The molecule has 10 heteroatoms. The Balaban J connectivity index is 1.81. The van der Waals surface area contributed by atoms with E-state index < -0.39 is 18.0 Å². The van der Waals surface area contributed by atoms with Gasteiger partial charge in [0.15, 0.2) is 5.82 Å². The summed E-state index contributed by atoms with van der Waals surface area (Å²) in [4.78, 5) is 30.3. The number of hydrogen-bond donors (Lipinski definition) is 5. The van der Waals surface area contributed by atoms with Gasteiger partial charge in [-0.25, -0.2) is 0 Å². The molecule has 0 unspecified atom stereocenters. The Morgan fingerprint density at radius 1 is 1.03 bits per heavy atom. The quantitative estimate of drug-likeness (QED) is 0.201. The van der Waals surface area contributed by atoms with Crippen LogP contribution in [0.5, 0.6) is 5.75 Å². The molecule has 1 aromatic heterocycles. The smallest absolute Gasteiger partial charge is 0.249 e. The number of aromatic nitrogens is 2. The topological polar surface area (TPSA) is 169 Å². The van der Waals surface area contributed by atoms with Crippen molar-refractivity contribution >= 4 is 11.8 Å². The molecule has 0 aliphatic rings. The van der Waals surface area contributed by atoms with Crippen LogP contribution in [0.1, 0.15) is 65.7 Å². The van der Waals surface area contributed by atoms with E-state index in [2.05, 4.69) is 20.8 Å². The van der Waals surface area contributed by atoms with E-state index in [-0.39, 0.29) is 24.6 Å². The van der Waals surface area contributed by atoms with Crippen LogP contribution in [-0.4, -0.2) is 46.2 Å². The molecule has 0 saturated heterocycles. The molecule has 7 N–H and O–H groups in total. The molecule has 2 atom stereocenters. The lowest BCUT2D eigenvalue weighted by Gasteiger charge is -2.23. The van der Waals surface area contributed by atoms with E-state index >= 15 is 0 Å². The summed E-state index contributed by atoms with van der Waals surface area (Å²) in [7, 11) is 0. The number of rotatable bonds is 14. The van der Waals surface area contributed by atoms with Crippen LogP contribution in [-0.2, 0) is 22.4 Å². The SMILES string of the molecule is Cc1cc(O)cc(C)c1C[C@@H](NC(=O)CN)C(=O)N[C@H](CCCCCN)c1nc(Cc2ccccc2)no1. The number of phenolic OH excluding ortho intramolecular Hbond substituents is 1. The third-order valence-electron chi connectivity index (χ3n) is 6.43. The molecule has 0 fully saturated rings. The van der Waals surface area contributed by atoms with Crippen LogP contribution < -0.4 is 22.1 Å². The molecular formula is C28H38N6O4. The van der Waals surface area contributed by atoms with Gasteiger partial charge in [0.25, 0.3) is 0 Å². The maximum atomic E-state index is 13.5. The van der Waals surface area contributed by atoms with Crippen molar-refractivity contribution in [3.8, 4) is 5.75 Å². The second-order valence-electron chi connectivity index (χ2n) is 9.50. The predicted molar refractivity (Wildman–Crippen MR) is 144 cm³/mol. The molecule has 0 bridgehead atoms. The van der Waals surface area contributed by atoms with Gasteiger partial charge in [0.2, 0.25) is 17.7 Å². The minimum atomic E-state index is -0.883. The number of benzene rings is 2. The fourth-order valence-electron chi connectivity index (χ4n) is 4.42. The van der Waals surface area contributed by atoms with E-state index in [9.17, 15) is 14.7 Å². The maximum absolute atomic E-state index is 13.5. The van der Waals surface area contributed by atoms with Crippen molar-refractivity contribution in [2.24, 2.45) is 11.5 Å². The monoisotopic (exact) mass is 522 g/mol. The summed E-state index contributed by atoms with van der Waals surface area (Å²) in [5.41, 5.74) is 14.7. The third-order valence-corrected chi connectivity index (χ3v) is 6.43. The minimum Gasteiger partial charge on any atom is -0.508 e. The zero-order chi connectivity index (χ0) is 27.5. The molecule has 1 heterocycles. The average Bonchev–Trinajstić information content (AvgIpc) is 3.35. The first-order chi connectivity index (χ1) is 18.3. The second-order valence-corrected chi connectivity index (χ2v) is 9.50. The van der Waals surface area contributed by atoms with Gasteiger partial charge in [0, 0.05) is 12.8 Å². The number of unbranched alkanes of at least 4 members (excludes halogenated alkanes) is 2. The molecule has 0 spiro atoms. The molecule has 3 rings (SSSR count). The molecule has 2 aromatic carbocycles. The predicted octanol–water partition coefficient (Wildman–Crippen LogP) is 2.35. The first kappa shape index (κ1) is 28.8. The highest BCUT2D eigenvalue weighted by Crippen LogP contribution is 2.23. The van der Waals surface area contributed by atoms with E-state index in [4.69, 9.17) is 16.0 Å². The number of hydrogen-bond acceptors (Lipinski definition) is 8. The molecule has 0 aliphatic heterocycles. The van der Waals surface area contributed by atoms with Crippen molar-refractivity contribution in [2.75, 3.05) is 13.1 Å². The fraction of sp³-hybridized carbons (Fsp3) is 0.429. The van der Waals surface area contributed by atoms with Crippen LogP contribution in [0, 0.1) is 13.8 Å². The standard InChI is InChI=1S/C28H38N6O4/c1-18-13-21(35)14-19(2)22(18)16-24(31-26(36)17-30)27(37)32-23(11-7-4-8-12-29)28-33-25(34-38-28)15-20-9-5-3-6-10-20/h3,5-6,9-10,13-14,23-24,35H,4,7-8,11-12,15-17,29-30H2,1-2H3,(H,31,36)(H,32,37)/t23-,24-/m1/s1. The van der Waals surface area contributed by atoms with Crippen molar-refractivity contribution in [3.05, 3.63) is 76.4 Å². The average molecular weight is 523 g/mol. The van der Waals surface area contributed by atoms with E-state index in [1.807, 2.05) is 44.2 Å². The lowest BCUT2D eigenvalue weighted by atomic mass is 9.95. The summed E-state index contributed by atoms with van der Waals surface area (Å²) in [5, 5.41) is 19.8. The number of carbonyl (C=O) groups is 2. The van der Waals surface area contributed by atoms with Crippen LogP contribution >= 0.6 is 0 Å². The Labute approximate surface area is 223 Å². The summed E-state index contributed by atoms with van der Waals surface area (Å²) < 4.78 is 5.57. The number of aryl methyl sites for hydroxylation is 2. The molecular weight excluding hydrogens is 484 g/mol. The maximum Gasteiger partial charge on any atom is 0.249 e.